The molecule has 0 unspecified atom stereocenters. The number of hydrogen-bond donors (Lipinski definition) is 1. The summed E-state index contributed by atoms with van der Waals surface area (Å²) < 4.78 is 4.99. The molecule has 0 saturated heterocycles. The Bertz CT molecular complexity index is 424. The van der Waals surface area contributed by atoms with Gasteiger partial charge in [0.1, 0.15) is 6.61 Å². The fourth-order valence-electron chi connectivity index (χ4n) is 1.35. The van der Waals surface area contributed by atoms with Crippen LogP contribution in [-0.4, -0.2) is 12.4 Å². The van der Waals surface area contributed by atoms with Crippen LogP contribution in [-0.2, 0) is 16.1 Å². The van der Waals surface area contributed by atoms with Gasteiger partial charge in [-0.3, -0.25) is 10.1 Å². The van der Waals surface area contributed by atoms with Crippen LogP contribution < -0.4 is 5.32 Å². The number of hydrogen-bond acceptors (Lipinski definition) is 3. The molecule has 0 aromatic heterocycles. The first kappa shape index (κ1) is 14.0. The quantitative estimate of drug-likeness (QED) is 0.643. The number of ether oxygens (including phenoxy) is 1. The second kappa shape index (κ2) is 7.27. The van der Waals surface area contributed by atoms with Gasteiger partial charge in [0, 0.05) is 0 Å². The van der Waals surface area contributed by atoms with Gasteiger partial charge in [-0.15, -0.1) is 0 Å². The van der Waals surface area contributed by atoms with Crippen molar-refractivity contribution in [1.82, 2.24) is 5.32 Å². The minimum Gasteiger partial charge on any atom is -0.444 e. The lowest BCUT2D eigenvalue weighted by atomic mass is 10.2. The normalized spacial score (nSPS) is 11.2. The van der Waals surface area contributed by atoms with Crippen LogP contribution in [0.4, 0.5) is 4.79 Å². The van der Waals surface area contributed by atoms with Crippen molar-refractivity contribution in [1.29, 1.82) is 0 Å². The molecule has 0 atom stereocenters. The highest BCUT2D eigenvalue weighted by molar-refractivity contribution is 5.81. The van der Waals surface area contributed by atoms with Crippen molar-refractivity contribution >= 4 is 12.4 Å². The van der Waals surface area contributed by atoms with Gasteiger partial charge in [0.15, 0.2) is 6.29 Å². The van der Waals surface area contributed by atoms with Gasteiger partial charge in [-0.25, -0.2) is 4.79 Å². The largest absolute Gasteiger partial charge is 0.444 e. The number of amides is 1. The van der Waals surface area contributed by atoms with E-state index in [1.54, 1.807) is 6.08 Å². The maximum atomic E-state index is 11.4. The van der Waals surface area contributed by atoms with Gasteiger partial charge in [-0.2, -0.15) is 0 Å². The number of nitrogens with one attached hydrogen (secondary N) is 1. The van der Waals surface area contributed by atoms with E-state index in [1.807, 2.05) is 44.2 Å². The Kier molecular flexibility index (Phi) is 5.64. The summed E-state index contributed by atoms with van der Waals surface area (Å²) in [7, 11) is 0. The van der Waals surface area contributed by atoms with E-state index < -0.39 is 6.09 Å². The Morgan fingerprint density at radius 1 is 1.33 bits per heavy atom. The Labute approximate surface area is 107 Å². The third-order valence-electron chi connectivity index (χ3n) is 2.10. The molecule has 4 heteroatoms. The third-order valence-corrected chi connectivity index (χ3v) is 2.10. The summed E-state index contributed by atoms with van der Waals surface area (Å²) >= 11 is 0. The molecule has 1 aromatic carbocycles. The molecule has 4 nitrogen and oxygen atoms in total. The van der Waals surface area contributed by atoms with E-state index in [2.05, 4.69) is 5.32 Å². The lowest BCUT2D eigenvalue weighted by molar-refractivity contribution is -0.105. The minimum absolute atomic E-state index is 0.180. The van der Waals surface area contributed by atoms with Crippen LogP contribution in [0.2, 0.25) is 0 Å². The highest BCUT2D eigenvalue weighted by atomic mass is 16.5. The van der Waals surface area contributed by atoms with Crippen molar-refractivity contribution in [2.75, 3.05) is 0 Å². The van der Waals surface area contributed by atoms with Crippen molar-refractivity contribution in [2.45, 2.75) is 20.5 Å². The Hall–Kier alpha value is -2.10. The number of allylic oxidation sites excluding steroid dienone is 2. The van der Waals surface area contributed by atoms with E-state index in [-0.39, 0.29) is 18.2 Å². The number of aldehydes is 1. The summed E-state index contributed by atoms with van der Waals surface area (Å²) in [4.78, 5) is 22.1. The van der Waals surface area contributed by atoms with Crippen LogP contribution in [0.15, 0.2) is 42.1 Å². The molecule has 96 valence electrons. The van der Waals surface area contributed by atoms with Crippen molar-refractivity contribution in [2.24, 2.45) is 5.92 Å². The average Bonchev–Trinajstić information content (AvgIpc) is 2.36. The second-order valence-electron chi connectivity index (χ2n) is 4.17. The van der Waals surface area contributed by atoms with Gasteiger partial charge >= 0.3 is 6.09 Å². The number of benzene rings is 1. The first-order valence-corrected chi connectivity index (χ1v) is 5.76. The third kappa shape index (κ3) is 5.30. The minimum atomic E-state index is -0.627. The van der Waals surface area contributed by atoms with Crippen LogP contribution >= 0.6 is 0 Å². The molecule has 0 bridgehead atoms. The van der Waals surface area contributed by atoms with Gasteiger partial charge in [0.2, 0.25) is 0 Å². The summed E-state index contributed by atoms with van der Waals surface area (Å²) in [6.45, 7) is 4.02. The Balaban J connectivity index is 2.44. The predicted octanol–water partition coefficient (Wildman–Crippen LogP) is 2.65. The number of rotatable bonds is 5. The summed E-state index contributed by atoms with van der Waals surface area (Å²) in [5.41, 5.74) is 1.12. The molecule has 0 aliphatic rings. The number of alkyl carbamates (subject to hydrolysis) is 1. The fraction of sp³-hybridized carbons (Fsp3) is 0.286. The van der Waals surface area contributed by atoms with Crippen LogP contribution in [0.5, 0.6) is 0 Å². The van der Waals surface area contributed by atoms with Crippen molar-refractivity contribution in [3.8, 4) is 0 Å². The van der Waals surface area contributed by atoms with Crippen molar-refractivity contribution in [3.63, 3.8) is 0 Å². The summed E-state index contributed by atoms with van der Waals surface area (Å²) in [6, 6.07) is 9.34. The fourth-order valence-corrected chi connectivity index (χ4v) is 1.35. The second-order valence-corrected chi connectivity index (χ2v) is 4.17. The van der Waals surface area contributed by atoms with E-state index in [9.17, 15) is 9.59 Å². The van der Waals surface area contributed by atoms with E-state index in [4.69, 9.17) is 4.74 Å². The topological polar surface area (TPSA) is 55.4 Å². The lowest BCUT2D eigenvalue weighted by Crippen LogP contribution is -2.24. The Morgan fingerprint density at radius 2 is 2.00 bits per heavy atom. The first-order valence-electron chi connectivity index (χ1n) is 5.76. The number of carbonyl (C=O) groups excluding carboxylic acids is 2. The van der Waals surface area contributed by atoms with Crippen LogP contribution in [0, 0.1) is 5.92 Å². The van der Waals surface area contributed by atoms with E-state index in [0.29, 0.717) is 6.29 Å². The maximum absolute atomic E-state index is 11.4. The SMILES string of the molecule is CC(C)/C=C(\C=O)NC(=O)OCc1ccccc1. The van der Waals surface area contributed by atoms with Crippen molar-refractivity contribution < 1.29 is 14.3 Å². The molecule has 0 spiro atoms. The molecular formula is C14H17NO3. The molecule has 0 saturated carbocycles. The summed E-state index contributed by atoms with van der Waals surface area (Å²) in [6.07, 6.45) is 1.64. The van der Waals surface area contributed by atoms with Crippen LogP contribution in [0.3, 0.4) is 0 Å². The molecule has 0 aliphatic heterocycles. The molecule has 1 rings (SSSR count). The molecule has 1 N–H and O–H groups in total. The van der Waals surface area contributed by atoms with Crippen LogP contribution in [0.25, 0.3) is 0 Å². The monoisotopic (exact) mass is 247 g/mol. The zero-order valence-corrected chi connectivity index (χ0v) is 10.6. The lowest BCUT2D eigenvalue weighted by Gasteiger charge is -2.07. The van der Waals surface area contributed by atoms with E-state index in [0.717, 1.165) is 5.56 Å². The molecule has 18 heavy (non-hydrogen) atoms. The van der Waals surface area contributed by atoms with Crippen molar-refractivity contribution in [3.05, 3.63) is 47.7 Å². The standard InChI is InChI=1S/C14H17NO3/c1-11(2)8-13(9-16)15-14(17)18-10-12-6-4-3-5-7-12/h3-9,11H,10H2,1-2H3,(H,15,17)/b13-8+. The summed E-state index contributed by atoms with van der Waals surface area (Å²) in [5, 5.41) is 2.40. The van der Waals surface area contributed by atoms with E-state index >= 15 is 0 Å². The Morgan fingerprint density at radius 3 is 2.56 bits per heavy atom. The van der Waals surface area contributed by atoms with Crippen LogP contribution in [0.1, 0.15) is 19.4 Å². The smallest absolute Gasteiger partial charge is 0.412 e. The molecule has 1 amide bonds. The molecule has 0 radical (unpaired) electrons. The van der Waals surface area contributed by atoms with Gasteiger partial charge < -0.3 is 4.74 Å². The zero-order valence-electron chi connectivity index (χ0n) is 10.6. The van der Waals surface area contributed by atoms with E-state index in [1.165, 1.54) is 0 Å². The molecule has 0 heterocycles. The van der Waals surface area contributed by atoms with Gasteiger partial charge in [0.05, 0.1) is 5.70 Å². The first-order chi connectivity index (χ1) is 8.61. The molecule has 1 aromatic rings. The molecule has 0 aliphatic carbocycles. The van der Waals surface area contributed by atoms with Gasteiger partial charge in [-0.1, -0.05) is 50.3 Å². The highest BCUT2D eigenvalue weighted by Crippen LogP contribution is 2.02. The predicted molar refractivity (Wildman–Crippen MR) is 68.7 cm³/mol. The zero-order chi connectivity index (χ0) is 13.4. The summed E-state index contributed by atoms with van der Waals surface area (Å²) in [5.74, 6) is 0.180. The molecule has 0 fully saturated rings. The van der Waals surface area contributed by atoms with Gasteiger partial charge in [-0.05, 0) is 11.5 Å². The van der Waals surface area contributed by atoms with Gasteiger partial charge in [0.25, 0.3) is 0 Å². The highest BCUT2D eigenvalue weighted by Gasteiger charge is 2.05. The number of carbonyl (C=O) groups is 2. The average molecular weight is 247 g/mol. The maximum Gasteiger partial charge on any atom is 0.412 e. The molecular weight excluding hydrogens is 230 g/mol.